The first kappa shape index (κ1) is 33.6. The predicted molar refractivity (Wildman–Crippen MR) is 167 cm³/mol. The summed E-state index contributed by atoms with van der Waals surface area (Å²) >= 11 is 6.65. The molecule has 41 heavy (non-hydrogen) atoms. The number of phenolic OH excluding ortho intramolecular Hbond substituents is 2. The summed E-state index contributed by atoms with van der Waals surface area (Å²) in [6, 6.07) is 10.6. The van der Waals surface area contributed by atoms with Gasteiger partial charge in [-0.1, -0.05) is 41.5 Å². The lowest BCUT2D eigenvalue weighted by Crippen LogP contribution is -2.30. The molecule has 0 bridgehead atoms. The van der Waals surface area contributed by atoms with Gasteiger partial charge >= 0.3 is 0 Å². The largest absolute Gasteiger partial charge is 0.506 e. The minimum atomic E-state index is -0.564. The zero-order valence-electron chi connectivity index (χ0n) is 23.9. The van der Waals surface area contributed by atoms with Crippen molar-refractivity contribution in [3.8, 4) is 23.6 Å². The second-order valence-corrected chi connectivity index (χ2v) is 13.2. The Labute approximate surface area is 258 Å². The molecule has 0 aromatic heterocycles. The minimum Gasteiger partial charge on any atom is -0.506 e. The maximum atomic E-state index is 12.6. The van der Waals surface area contributed by atoms with E-state index in [0.717, 1.165) is 0 Å². The monoisotopic (exact) mass is 684 g/mol. The molecule has 10 heteroatoms. The van der Waals surface area contributed by atoms with E-state index >= 15 is 0 Å². The van der Waals surface area contributed by atoms with Crippen molar-refractivity contribution in [2.75, 3.05) is 13.1 Å². The fraction of sp³-hybridized carbons (Fsp3) is 0.355. The lowest BCUT2D eigenvalue weighted by molar-refractivity contribution is -0.117. The molecule has 0 unspecified atom stereocenters. The summed E-state index contributed by atoms with van der Waals surface area (Å²) in [5.41, 5.74) is 1.61. The van der Waals surface area contributed by atoms with Crippen molar-refractivity contribution >= 4 is 55.8 Å². The van der Waals surface area contributed by atoms with Gasteiger partial charge in [-0.15, -0.1) is 0 Å². The molecule has 8 nitrogen and oxygen atoms in total. The molecule has 2 amide bonds. The molecule has 216 valence electrons. The molecule has 0 saturated carbocycles. The molecular weight excluding hydrogens is 652 g/mol. The quantitative estimate of drug-likeness (QED) is 0.145. The van der Waals surface area contributed by atoms with Gasteiger partial charge in [0.25, 0.3) is 11.8 Å². The van der Waals surface area contributed by atoms with Gasteiger partial charge in [0.1, 0.15) is 34.8 Å². The van der Waals surface area contributed by atoms with Gasteiger partial charge in [0.05, 0.1) is 8.95 Å². The van der Waals surface area contributed by atoms with Gasteiger partial charge in [0.2, 0.25) is 0 Å². The van der Waals surface area contributed by atoms with Crippen LogP contribution in [0.25, 0.3) is 12.2 Å². The Morgan fingerprint density at radius 1 is 0.756 bits per heavy atom. The molecule has 0 atom stereocenters. The van der Waals surface area contributed by atoms with Crippen LogP contribution in [0.5, 0.6) is 11.5 Å². The third-order valence-electron chi connectivity index (χ3n) is 6.06. The van der Waals surface area contributed by atoms with Crippen LogP contribution in [0, 0.1) is 22.7 Å². The average Bonchev–Trinajstić information content (AvgIpc) is 2.87. The van der Waals surface area contributed by atoms with Crippen molar-refractivity contribution < 1.29 is 19.8 Å². The number of rotatable bonds is 8. The summed E-state index contributed by atoms with van der Waals surface area (Å²) in [6.07, 6.45) is 3.27. The molecule has 0 saturated heterocycles. The second-order valence-electron chi connectivity index (χ2n) is 11.5. The Hall–Kier alpha value is -3.60. The van der Waals surface area contributed by atoms with Crippen LogP contribution < -0.4 is 10.6 Å². The number of nitrogens with one attached hydrogen (secondary N) is 2. The molecule has 0 radical (unpaired) electrons. The fourth-order valence-electron chi connectivity index (χ4n) is 3.86. The van der Waals surface area contributed by atoms with Crippen molar-refractivity contribution in [2.24, 2.45) is 0 Å². The minimum absolute atomic E-state index is 0.101. The van der Waals surface area contributed by atoms with Gasteiger partial charge in [-0.3, -0.25) is 9.59 Å². The van der Waals surface area contributed by atoms with Crippen molar-refractivity contribution in [1.29, 1.82) is 10.5 Å². The van der Waals surface area contributed by atoms with Crippen LogP contribution in [0.4, 0.5) is 0 Å². The Bertz CT molecular complexity index is 1370. The summed E-state index contributed by atoms with van der Waals surface area (Å²) in [6.45, 7) is 12.1. The number of hydrogen-bond donors (Lipinski definition) is 4. The smallest absolute Gasteiger partial charge is 0.261 e. The molecule has 2 aromatic carbocycles. The summed E-state index contributed by atoms with van der Waals surface area (Å²) < 4.78 is 0.922. The zero-order chi connectivity index (χ0) is 31.1. The number of benzene rings is 2. The van der Waals surface area contributed by atoms with Gasteiger partial charge in [-0.25, -0.2) is 0 Å². The van der Waals surface area contributed by atoms with E-state index < -0.39 is 11.8 Å². The standard InChI is InChI=1S/C31H34Br2N4O4/c1-30(2,3)22-12-18(14-24(32)26(22)38)10-20(16-34)28(40)36-8-7-9-37-29(41)21(17-35)11-19-13-23(31(4,5)6)27(39)25(33)15-19/h10-15,38-39H,7-9H2,1-6H3,(H,36,40)(H,37,41)/b20-10+,21-11+. The first-order valence-electron chi connectivity index (χ1n) is 12.9. The van der Waals surface area contributed by atoms with Crippen molar-refractivity contribution in [3.63, 3.8) is 0 Å². The number of aromatic hydroxyl groups is 2. The normalized spacial score (nSPS) is 12.3. The van der Waals surface area contributed by atoms with Crippen molar-refractivity contribution in [3.05, 3.63) is 66.6 Å². The number of amides is 2. The van der Waals surface area contributed by atoms with Crippen molar-refractivity contribution in [2.45, 2.75) is 58.8 Å². The number of carbonyl (C=O) groups is 2. The van der Waals surface area contributed by atoms with Gasteiger partial charge in [-0.2, -0.15) is 10.5 Å². The predicted octanol–water partition coefficient (Wildman–Crippen LogP) is 6.35. The molecule has 0 aliphatic rings. The third-order valence-corrected chi connectivity index (χ3v) is 7.27. The molecule has 0 aliphatic heterocycles. The SMILES string of the molecule is CC(C)(C)c1cc(/C=C(\C#N)C(=O)NCCCNC(=O)/C(C#N)=C/c2cc(Br)c(O)c(C(C)(C)C)c2)cc(Br)c1O. The first-order chi connectivity index (χ1) is 19.0. The first-order valence-corrected chi connectivity index (χ1v) is 14.4. The molecule has 0 fully saturated rings. The molecule has 4 N–H and O–H groups in total. The Balaban J connectivity index is 2.02. The molecule has 0 heterocycles. The van der Waals surface area contributed by atoms with Crippen LogP contribution in [0.1, 0.15) is 70.2 Å². The van der Waals surface area contributed by atoms with E-state index in [4.69, 9.17) is 0 Å². The Morgan fingerprint density at radius 2 is 1.10 bits per heavy atom. The molecule has 2 rings (SSSR count). The van der Waals surface area contributed by atoms with Crippen LogP contribution in [0.15, 0.2) is 44.4 Å². The zero-order valence-corrected chi connectivity index (χ0v) is 27.1. The summed E-state index contributed by atoms with van der Waals surface area (Å²) in [7, 11) is 0. The molecule has 2 aromatic rings. The number of carbonyl (C=O) groups excluding carboxylic acids is 2. The Kier molecular flexibility index (Phi) is 11.3. The van der Waals surface area contributed by atoms with Crippen molar-refractivity contribution in [1.82, 2.24) is 10.6 Å². The molecule has 0 spiro atoms. The summed E-state index contributed by atoms with van der Waals surface area (Å²) in [5, 5.41) is 45.2. The maximum Gasteiger partial charge on any atom is 0.261 e. The highest BCUT2D eigenvalue weighted by Crippen LogP contribution is 2.38. The van der Waals surface area contributed by atoms with E-state index in [1.807, 2.05) is 53.7 Å². The highest BCUT2D eigenvalue weighted by atomic mass is 79.9. The second kappa shape index (κ2) is 13.8. The van der Waals surface area contributed by atoms with Gasteiger partial charge in [-0.05, 0) is 96.7 Å². The summed E-state index contributed by atoms with van der Waals surface area (Å²) in [4.78, 5) is 25.2. The van der Waals surface area contributed by atoms with Gasteiger partial charge in [0.15, 0.2) is 0 Å². The van der Waals surface area contributed by atoms with E-state index in [-0.39, 0.29) is 46.6 Å². The molecular formula is C31H34Br2N4O4. The fourth-order valence-corrected chi connectivity index (χ4v) is 4.82. The van der Waals surface area contributed by atoms with E-state index in [1.165, 1.54) is 12.2 Å². The van der Waals surface area contributed by atoms with Gasteiger partial charge < -0.3 is 20.8 Å². The topological polar surface area (TPSA) is 146 Å². The number of hydrogen-bond acceptors (Lipinski definition) is 6. The van der Waals surface area contributed by atoms with Gasteiger partial charge in [0, 0.05) is 24.2 Å². The van der Waals surface area contributed by atoms with E-state index in [1.54, 1.807) is 24.3 Å². The highest BCUT2D eigenvalue weighted by Gasteiger charge is 2.22. The third kappa shape index (κ3) is 9.21. The van der Waals surface area contributed by atoms with E-state index in [0.29, 0.717) is 37.6 Å². The van der Waals surface area contributed by atoms with Crippen LogP contribution in [-0.4, -0.2) is 35.1 Å². The lowest BCUT2D eigenvalue weighted by atomic mass is 9.85. The average molecular weight is 686 g/mol. The van der Waals surface area contributed by atoms with Crippen LogP contribution in [0.3, 0.4) is 0 Å². The number of halogens is 2. The number of nitrogens with zero attached hydrogens (tertiary/aromatic N) is 2. The lowest BCUT2D eigenvalue weighted by Gasteiger charge is -2.21. The summed E-state index contributed by atoms with van der Waals surface area (Å²) in [5.74, 6) is -0.907. The highest BCUT2D eigenvalue weighted by molar-refractivity contribution is 9.10. The Morgan fingerprint density at radius 3 is 1.39 bits per heavy atom. The molecule has 0 aliphatic carbocycles. The van der Waals surface area contributed by atoms with E-state index in [9.17, 15) is 30.3 Å². The van der Waals surface area contributed by atoms with E-state index in [2.05, 4.69) is 42.5 Å². The number of nitriles is 2. The van der Waals surface area contributed by atoms with Crippen LogP contribution in [-0.2, 0) is 20.4 Å². The van der Waals surface area contributed by atoms with Crippen LogP contribution >= 0.6 is 31.9 Å². The van der Waals surface area contributed by atoms with Crippen LogP contribution in [0.2, 0.25) is 0 Å². The number of phenols is 2. The maximum absolute atomic E-state index is 12.6.